The Kier molecular flexibility index (Phi) is 5.28. The number of primary amides is 1. The third-order valence-corrected chi connectivity index (χ3v) is 4.00. The molecule has 1 aliphatic rings. The van der Waals surface area contributed by atoms with Crippen LogP contribution in [0.5, 0.6) is 0 Å². The number of amides is 1. The molecule has 0 spiro atoms. The molecule has 1 heterocycles. The smallest absolute Gasteiger partial charge is 0.256 e. The van der Waals surface area contributed by atoms with Gasteiger partial charge in [-0.2, -0.15) is 0 Å². The Morgan fingerprint density at radius 2 is 2.32 bits per heavy atom. The molecule has 0 aromatic heterocycles. The summed E-state index contributed by atoms with van der Waals surface area (Å²) in [7, 11) is 0. The number of nitrogens with one attached hydrogen (secondary N) is 2. The molecule has 1 aromatic rings. The van der Waals surface area contributed by atoms with Crippen molar-refractivity contribution in [1.82, 2.24) is 5.32 Å². The normalized spacial score (nSPS) is 20.6. The minimum absolute atomic E-state index is 0.0424. The predicted molar refractivity (Wildman–Crippen MR) is 83.3 cm³/mol. The van der Waals surface area contributed by atoms with E-state index in [9.17, 15) is 9.18 Å². The lowest BCUT2D eigenvalue weighted by atomic mass is 9.98. The lowest BCUT2D eigenvalue weighted by Gasteiger charge is -2.24. The lowest BCUT2D eigenvalue weighted by molar-refractivity contribution is -0.649. The molecule has 118 valence electrons. The van der Waals surface area contributed by atoms with E-state index in [4.69, 9.17) is 22.7 Å². The summed E-state index contributed by atoms with van der Waals surface area (Å²) in [6.45, 7) is 3.37. The predicted octanol–water partition coefficient (Wildman–Crippen LogP) is 0.532. The molecule has 5 nitrogen and oxygen atoms in total. The number of nitrogens with two attached hydrogens (primary N) is 2. The Balaban J connectivity index is 2.40. The molecule has 0 aliphatic carbocycles. The van der Waals surface area contributed by atoms with E-state index in [-0.39, 0.29) is 16.3 Å². The summed E-state index contributed by atoms with van der Waals surface area (Å²) in [5.74, 6) is -1.24. The standard InChI is InChI=1S/C15H18ClFN4O/c1-2-9-6-20-7-12(21-9)13(15(19)22)14(18)8-3-4-11(17)10(16)5-8/h3-5,9,18,20-21H,2,6-7H2,1H3,(H2,19,22)/p+1. The third kappa shape index (κ3) is 3.52. The van der Waals surface area contributed by atoms with Crippen LogP contribution in [0.4, 0.5) is 4.39 Å². The molecule has 1 fully saturated rings. The third-order valence-electron chi connectivity index (χ3n) is 3.71. The average Bonchev–Trinajstić information content (AvgIpc) is 2.50. The summed E-state index contributed by atoms with van der Waals surface area (Å²) in [6.07, 6.45) is 0.929. The number of carbonyl (C=O) groups excluding carboxylic acids is 1. The molecule has 1 unspecified atom stereocenters. The summed E-state index contributed by atoms with van der Waals surface area (Å²) >= 11 is 5.75. The minimum atomic E-state index is -0.671. The van der Waals surface area contributed by atoms with Crippen LogP contribution in [0.1, 0.15) is 18.9 Å². The Hall–Kier alpha value is -1.76. The van der Waals surface area contributed by atoms with E-state index >= 15 is 0 Å². The summed E-state index contributed by atoms with van der Waals surface area (Å²) in [5.41, 5.74) is 6.64. The molecule has 0 saturated carbocycles. The van der Waals surface area contributed by atoms with Crippen molar-refractivity contribution < 1.29 is 14.5 Å². The number of quaternary nitrogens is 1. The minimum Gasteiger partial charge on any atom is -0.365 e. The van der Waals surface area contributed by atoms with E-state index in [2.05, 4.69) is 12.2 Å². The number of rotatable bonds is 4. The maximum atomic E-state index is 13.3. The van der Waals surface area contributed by atoms with Gasteiger partial charge in [-0.3, -0.25) is 10.2 Å². The number of benzene rings is 1. The van der Waals surface area contributed by atoms with Crippen LogP contribution in [-0.2, 0) is 4.79 Å². The van der Waals surface area contributed by atoms with Gasteiger partial charge in [-0.15, -0.1) is 0 Å². The van der Waals surface area contributed by atoms with Crippen molar-refractivity contribution in [2.75, 3.05) is 13.1 Å². The average molecular weight is 326 g/mol. The van der Waals surface area contributed by atoms with Crippen LogP contribution >= 0.6 is 11.6 Å². The first kappa shape index (κ1) is 16.6. The van der Waals surface area contributed by atoms with Crippen molar-refractivity contribution in [3.63, 3.8) is 0 Å². The van der Waals surface area contributed by atoms with Gasteiger partial charge in [-0.25, -0.2) is 4.39 Å². The molecule has 0 bridgehead atoms. The molecule has 1 aromatic carbocycles. The number of hydrogen-bond donors (Lipinski definition) is 4. The molecule has 1 amide bonds. The summed E-state index contributed by atoms with van der Waals surface area (Å²) in [4.78, 5) is 11.8. The Morgan fingerprint density at radius 3 is 2.91 bits per heavy atom. The van der Waals surface area contributed by atoms with E-state index < -0.39 is 11.7 Å². The van der Waals surface area contributed by atoms with Crippen LogP contribution in [-0.4, -0.2) is 30.8 Å². The highest BCUT2D eigenvalue weighted by atomic mass is 35.5. The first-order valence-corrected chi connectivity index (χ1v) is 7.44. The molecule has 7 heteroatoms. The van der Waals surface area contributed by atoms with Gasteiger partial charge in [0.2, 0.25) is 0 Å². The largest absolute Gasteiger partial charge is 0.365 e. The zero-order chi connectivity index (χ0) is 16.3. The van der Waals surface area contributed by atoms with Crippen molar-refractivity contribution in [3.8, 4) is 0 Å². The van der Waals surface area contributed by atoms with Crippen molar-refractivity contribution >= 4 is 23.2 Å². The first-order chi connectivity index (χ1) is 10.4. The second kappa shape index (κ2) is 7.00. The van der Waals surface area contributed by atoms with E-state index in [1.165, 1.54) is 18.2 Å². The molecular weight excluding hydrogens is 307 g/mol. The van der Waals surface area contributed by atoms with Crippen LogP contribution in [0.15, 0.2) is 29.5 Å². The van der Waals surface area contributed by atoms with Gasteiger partial charge in [0.15, 0.2) is 0 Å². The molecule has 1 aliphatic heterocycles. The quantitative estimate of drug-likeness (QED) is 0.480. The van der Waals surface area contributed by atoms with Crippen molar-refractivity contribution in [2.24, 2.45) is 5.73 Å². The monoisotopic (exact) mass is 325 g/mol. The fourth-order valence-corrected chi connectivity index (χ4v) is 2.65. The molecule has 0 radical (unpaired) electrons. The Labute approximate surface area is 133 Å². The molecule has 2 rings (SSSR count). The van der Waals surface area contributed by atoms with E-state index in [1.807, 2.05) is 5.32 Å². The van der Waals surface area contributed by atoms with Crippen molar-refractivity contribution in [1.29, 1.82) is 5.41 Å². The van der Waals surface area contributed by atoms with Gasteiger partial charge >= 0.3 is 0 Å². The summed E-state index contributed by atoms with van der Waals surface area (Å²) in [6, 6.07) is 4.21. The topological polar surface area (TPSA) is 95.6 Å². The maximum Gasteiger partial charge on any atom is 0.256 e. The fourth-order valence-electron chi connectivity index (χ4n) is 2.47. The Bertz CT molecular complexity index is 644. The SMILES string of the molecule is CCC1CNCC(=C(C(=N)c2ccc(F)c(Cl)c2)C(N)=O)[NH2+]1. The Morgan fingerprint density at radius 1 is 1.59 bits per heavy atom. The highest BCUT2D eigenvalue weighted by Crippen LogP contribution is 2.19. The second-order valence-corrected chi connectivity index (χ2v) is 5.64. The van der Waals surface area contributed by atoms with Gasteiger partial charge in [0.05, 0.1) is 17.3 Å². The van der Waals surface area contributed by atoms with E-state index in [1.54, 1.807) is 0 Å². The van der Waals surface area contributed by atoms with Crippen LogP contribution in [0.25, 0.3) is 0 Å². The van der Waals surface area contributed by atoms with Gasteiger partial charge in [-0.1, -0.05) is 18.5 Å². The van der Waals surface area contributed by atoms with Gasteiger partial charge in [-0.05, 0) is 24.6 Å². The molecule has 22 heavy (non-hydrogen) atoms. The molecular formula is C15H19ClFN4O+. The highest BCUT2D eigenvalue weighted by molar-refractivity contribution is 6.32. The first-order valence-electron chi connectivity index (χ1n) is 7.07. The zero-order valence-corrected chi connectivity index (χ0v) is 13.0. The van der Waals surface area contributed by atoms with Gasteiger partial charge in [0, 0.05) is 12.1 Å². The van der Waals surface area contributed by atoms with Crippen molar-refractivity contribution in [2.45, 2.75) is 19.4 Å². The molecule has 1 saturated heterocycles. The maximum absolute atomic E-state index is 13.3. The second-order valence-electron chi connectivity index (χ2n) is 5.23. The fraction of sp³-hybridized carbons (Fsp3) is 0.333. The lowest BCUT2D eigenvalue weighted by Crippen LogP contribution is -2.93. The number of halogens is 2. The highest BCUT2D eigenvalue weighted by Gasteiger charge is 2.27. The van der Waals surface area contributed by atoms with Crippen LogP contribution in [0.3, 0.4) is 0 Å². The molecule has 6 N–H and O–H groups in total. The zero-order valence-electron chi connectivity index (χ0n) is 12.2. The summed E-state index contributed by atoms with van der Waals surface area (Å²) < 4.78 is 13.3. The number of hydrogen-bond acceptors (Lipinski definition) is 3. The van der Waals surface area contributed by atoms with Crippen LogP contribution in [0, 0.1) is 11.2 Å². The molecule has 1 atom stereocenters. The van der Waals surface area contributed by atoms with E-state index in [0.717, 1.165) is 13.0 Å². The number of carbonyl (C=O) groups is 1. The van der Waals surface area contributed by atoms with Crippen molar-refractivity contribution in [3.05, 3.63) is 45.9 Å². The van der Waals surface area contributed by atoms with Gasteiger partial charge in [0.1, 0.15) is 23.1 Å². The van der Waals surface area contributed by atoms with E-state index in [0.29, 0.717) is 23.8 Å². The summed E-state index contributed by atoms with van der Waals surface area (Å²) in [5, 5.41) is 13.4. The number of piperazine rings is 1. The van der Waals surface area contributed by atoms with Crippen LogP contribution < -0.4 is 16.4 Å². The van der Waals surface area contributed by atoms with Gasteiger partial charge in [0.25, 0.3) is 5.91 Å². The van der Waals surface area contributed by atoms with Gasteiger partial charge < -0.3 is 16.4 Å². The van der Waals surface area contributed by atoms with Crippen LogP contribution in [0.2, 0.25) is 5.02 Å².